The third-order valence-electron chi connectivity index (χ3n) is 3.55. The molecular weight excluding hydrogens is 268 g/mol. The van der Waals surface area contributed by atoms with Gasteiger partial charge in [0.25, 0.3) is 5.91 Å². The molecule has 1 amide bonds. The predicted molar refractivity (Wildman–Crippen MR) is 79.3 cm³/mol. The summed E-state index contributed by atoms with van der Waals surface area (Å²) in [6.45, 7) is 0.553. The Balaban J connectivity index is 1.84. The van der Waals surface area contributed by atoms with Gasteiger partial charge >= 0.3 is 0 Å². The number of carbonyl (C=O) groups excluding carboxylic acids is 1. The minimum Gasteiger partial charge on any atom is -0.508 e. The Kier molecular flexibility index (Phi) is 3.39. The fraction of sp³-hybridized carbons (Fsp3) is 0.188. The molecule has 0 bridgehead atoms. The van der Waals surface area contributed by atoms with Gasteiger partial charge in [-0.1, -0.05) is 18.2 Å². The lowest BCUT2D eigenvalue weighted by Gasteiger charge is -2.26. The molecule has 1 heterocycles. The minimum absolute atomic E-state index is 0.0155. The van der Waals surface area contributed by atoms with Crippen LogP contribution in [-0.2, 0) is 0 Å². The number of hydrogen-bond donors (Lipinski definition) is 3. The lowest BCUT2D eigenvalue weighted by atomic mass is 10.00. The molecule has 0 spiro atoms. The molecule has 1 aliphatic rings. The maximum absolute atomic E-state index is 12.4. The van der Waals surface area contributed by atoms with Gasteiger partial charge in [-0.15, -0.1) is 0 Å². The van der Waals surface area contributed by atoms with E-state index in [1.54, 1.807) is 0 Å². The van der Waals surface area contributed by atoms with Crippen LogP contribution in [0.2, 0.25) is 0 Å². The molecule has 0 saturated heterocycles. The fourth-order valence-electron chi connectivity index (χ4n) is 2.47. The van der Waals surface area contributed by atoms with Crippen LogP contribution in [0.1, 0.15) is 28.4 Å². The standard InChI is InChI=1S/C16H16N2O3/c17-13-6-5-10(19)9-12(13)16(20)18-14-7-8-21-15-4-2-1-3-11(14)15/h1-6,9,14,19H,7-8,17H2,(H,18,20). The van der Waals surface area contributed by atoms with Gasteiger partial charge in [0.1, 0.15) is 11.5 Å². The molecule has 1 unspecified atom stereocenters. The molecule has 2 aromatic rings. The quantitative estimate of drug-likeness (QED) is 0.583. The molecule has 0 aromatic heterocycles. The molecule has 4 N–H and O–H groups in total. The van der Waals surface area contributed by atoms with Gasteiger partial charge in [-0.25, -0.2) is 0 Å². The number of benzene rings is 2. The largest absolute Gasteiger partial charge is 0.508 e. The average molecular weight is 284 g/mol. The number of para-hydroxylation sites is 1. The lowest BCUT2D eigenvalue weighted by molar-refractivity contribution is 0.0925. The van der Waals surface area contributed by atoms with Crippen LogP contribution in [0.15, 0.2) is 42.5 Å². The van der Waals surface area contributed by atoms with Crippen molar-refractivity contribution in [2.75, 3.05) is 12.3 Å². The van der Waals surface area contributed by atoms with Crippen molar-refractivity contribution in [3.05, 3.63) is 53.6 Å². The number of phenols is 1. The molecule has 3 rings (SSSR count). The van der Waals surface area contributed by atoms with Crippen molar-refractivity contribution < 1.29 is 14.6 Å². The van der Waals surface area contributed by atoms with Gasteiger partial charge in [-0.05, 0) is 24.3 Å². The first-order valence-electron chi connectivity index (χ1n) is 6.76. The van der Waals surface area contributed by atoms with Gasteiger partial charge in [0, 0.05) is 17.7 Å². The SMILES string of the molecule is Nc1ccc(O)cc1C(=O)NC1CCOc2ccccc21. The molecule has 0 radical (unpaired) electrons. The van der Waals surface area contributed by atoms with Crippen molar-refractivity contribution in [3.8, 4) is 11.5 Å². The zero-order valence-corrected chi connectivity index (χ0v) is 11.4. The molecule has 21 heavy (non-hydrogen) atoms. The molecule has 5 nitrogen and oxygen atoms in total. The van der Waals surface area contributed by atoms with E-state index in [1.165, 1.54) is 18.2 Å². The monoisotopic (exact) mass is 284 g/mol. The van der Waals surface area contributed by atoms with Crippen molar-refractivity contribution >= 4 is 11.6 Å². The fourth-order valence-corrected chi connectivity index (χ4v) is 2.47. The van der Waals surface area contributed by atoms with Gasteiger partial charge in [-0.3, -0.25) is 4.79 Å². The van der Waals surface area contributed by atoms with Crippen LogP contribution < -0.4 is 15.8 Å². The number of nitrogens with two attached hydrogens (primary N) is 1. The molecule has 0 fully saturated rings. The number of hydrogen-bond acceptors (Lipinski definition) is 4. The van der Waals surface area contributed by atoms with Gasteiger partial charge in [0.05, 0.1) is 18.2 Å². The number of rotatable bonds is 2. The summed E-state index contributed by atoms with van der Waals surface area (Å²) in [5, 5.41) is 12.4. The summed E-state index contributed by atoms with van der Waals surface area (Å²) in [6, 6.07) is 11.9. The van der Waals surface area contributed by atoms with E-state index in [4.69, 9.17) is 10.5 Å². The average Bonchev–Trinajstić information content (AvgIpc) is 2.50. The number of anilines is 1. The number of aromatic hydroxyl groups is 1. The van der Waals surface area contributed by atoms with Crippen molar-refractivity contribution in [1.29, 1.82) is 0 Å². The van der Waals surface area contributed by atoms with Crippen molar-refractivity contribution in [1.82, 2.24) is 5.32 Å². The molecule has 0 saturated carbocycles. The number of ether oxygens (including phenoxy) is 1. The highest BCUT2D eigenvalue weighted by atomic mass is 16.5. The predicted octanol–water partition coefficient (Wildman–Crippen LogP) is 2.23. The topological polar surface area (TPSA) is 84.6 Å². The first-order chi connectivity index (χ1) is 10.1. The molecule has 0 aliphatic carbocycles. The highest BCUT2D eigenvalue weighted by Gasteiger charge is 2.23. The van der Waals surface area contributed by atoms with Gasteiger partial charge in [-0.2, -0.15) is 0 Å². The van der Waals surface area contributed by atoms with Crippen LogP contribution in [0, 0.1) is 0 Å². The van der Waals surface area contributed by atoms with E-state index in [1.807, 2.05) is 24.3 Å². The summed E-state index contributed by atoms with van der Waals surface area (Å²) >= 11 is 0. The van der Waals surface area contributed by atoms with Crippen LogP contribution in [0.25, 0.3) is 0 Å². The number of nitrogens with one attached hydrogen (secondary N) is 1. The van der Waals surface area contributed by atoms with Crippen LogP contribution in [0.4, 0.5) is 5.69 Å². The number of phenolic OH excluding ortho intramolecular Hbond substituents is 1. The summed E-state index contributed by atoms with van der Waals surface area (Å²) in [6.07, 6.45) is 0.696. The van der Waals surface area contributed by atoms with Crippen LogP contribution in [0.3, 0.4) is 0 Å². The Bertz CT molecular complexity index is 685. The number of nitrogen functional groups attached to an aromatic ring is 1. The molecule has 1 atom stereocenters. The summed E-state index contributed by atoms with van der Waals surface area (Å²) < 4.78 is 5.57. The van der Waals surface area contributed by atoms with Crippen LogP contribution >= 0.6 is 0 Å². The van der Waals surface area contributed by atoms with Crippen LogP contribution in [0.5, 0.6) is 11.5 Å². The summed E-state index contributed by atoms with van der Waals surface area (Å²) in [7, 11) is 0. The maximum Gasteiger partial charge on any atom is 0.253 e. The molecule has 2 aromatic carbocycles. The maximum atomic E-state index is 12.4. The van der Waals surface area contributed by atoms with E-state index in [9.17, 15) is 9.90 Å². The van der Waals surface area contributed by atoms with Gasteiger partial charge in [0.2, 0.25) is 0 Å². The number of amides is 1. The third-order valence-corrected chi connectivity index (χ3v) is 3.55. The Morgan fingerprint density at radius 1 is 1.29 bits per heavy atom. The van der Waals surface area contributed by atoms with Gasteiger partial charge in [0.15, 0.2) is 0 Å². The molecular formula is C16H16N2O3. The highest BCUT2D eigenvalue weighted by Crippen LogP contribution is 2.32. The highest BCUT2D eigenvalue weighted by molar-refractivity contribution is 5.99. The second-order valence-corrected chi connectivity index (χ2v) is 4.97. The first-order valence-corrected chi connectivity index (χ1v) is 6.76. The van der Waals surface area contributed by atoms with E-state index >= 15 is 0 Å². The summed E-state index contributed by atoms with van der Waals surface area (Å²) in [5.41, 5.74) is 7.36. The Labute approximate surface area is 122 Å². The number of fused-ring (bicyclic) bond motifs is 1. The smallest absolute Gasteiger partial charge is 0.253 e. The van der Waals surface area contributed by atoms with Gasteiger partial charge < -0.3 is 20.9 Å². The zero-order valence-electron chi connectivity index (χ0n) is 11.4. The van der Waals surface area contributed by atoms with E-state index in [0.717, 1.165) is 11.3 Å². The summed E-state index contributed by atoms with van der Waals surface area (Å²) in [5.74, 6) is 0.504. The molecule has 1 aliphatic heterocycles. The summed E-state index contributed by atoms with van der Waals surface area (Å²) in [4.78, 5) is 12.4. The minimum atomic E-state index is -0.301. The second-order valence-electron chi connectivity index (χ2n) is 4.97. The van der Waals surface area contributed by atoms with Crippen molar-refractivity contribution in [2.45, 2.75) is 12.5 Å². The van der Waals surface area contributed by atoms with E-state index in [2.05, 4.69) is 5.32 Å². The zero-order chi connectivity index (χ0) is 14.8. The molecule has 5 heteroatoms. The van der Waals surface area contributed by atoms with E-state index in [0.29, 0.717) is 18.7 Å². The third kappa shape index (κ3) is 2.63. The Morgan fingerprint density at radius 3 is 2.95 bits per heavy atom. The van der Waals surface area contributed by atoms with Crippen molar-refractivity contribution in [2.24, 2.45) is 0 Å². The number of carbonyl (C=O) groups is 1. The first kappa shape index (κ1) is 13.3. The van der Waals surface area contributed by atoms with Crippen molar-refractivity contribution in [3.63, 3.8) is 0 Å². The van der Waals surface area contributed by atoms with Crippen LogP contribution in [-0.4, -0.2) is 17.6 Å². The Hall–Kier alpha value is -2.69. The molecule has 108 valence electrons. The second kappa shape index (κ2) is 5.36. The van der Waals surface area contributed by atoms with E-state index in [-0.39, 0.29) is 23.3 Å². The van der Waals surface area contributed by atoms with E-state index < -0.39 is 0 Å². The lowest BCUT2D eigenvalue weighted by Crippen LogP contribution is -2.32. The normalized spacial score (nSPS) is 16.7. The Morgan fingerprint density at radius 2 is 2.10 bits per heavy atom.